The molecule has 1 aromatic heterocycles. The number of nitrogens with zero attached hydrogens (tertiary/aromatic N) is 1. The second kappa shape index (κ2) is 8.93. The molecule has 0 saturated heterocycles. The Morgan fingerprint density at radius 1 is 1.17 bits per heavy atom. The Labute approximate surface area is 138 Å². The van der Waals surface area contributed by atoms with Crippen molar-refractivity contribution in [2.75, 3.05) is 11.9 Å². The van der Waals surface area contributed by atoms with E-state index in [1.165, 1.54) is 5.56 Å². The highest BCUT2D eigenvalue weighted by Gasteiger charge is 2.09. The molecule has 0 saturated carbocycles. The molecule has 1 amide bonds. The summed E-state index contributed by atoms with van der Waals surface area (Å²) in [5.41, 5.74) is 2.75. The van der Waals surface area contributed by atoms with Gasteiger partial charge >= 0.3 is 0 Å². The minimum Gasteiger partial charge on any atom is -0.384 e. The maximum absolute atomic E-state index is 11.9. The van der Waals surface area contributed by atoms with Crippen LogP contribution in [0.4, 0.5) is 5.69 Å². The summed E-state index contributed by atoms with van der Waals surface area (Å²) in [7, 11) is 0. The van der Waals surface area contributed by atoms with E-state index in [0.717, 1.165) is 31.5 Å². The Balaban J connectivity index is 1.75. The number of benzene rings is 1. The van der Waals surface area contributed by atoms with Crippen LogP contribution in [0.25, 0.3) is 0 Å². The van der Waals surface area contributed by atoms with E-state index in [0.29, 0.717) is 5.69 Å². The quantitative estimate of drug-likeness (QED) is 0.732. The van der Waals surface area contributed by atoms with Crippen molar-refractivity contribution in [1.29, 1.82) is 0 Å². The molecule has 4 heteroatoms. The summed E-state index contributed by atoms with van der Waals surface area (Å²) in [4.78, 5) is 16.2. The summed E-state index contributed by atoms with van der Waals surface area (Å²) in [6, 6.07) is 14.3. The number of rotatable bonds is 8. The SMILES string of the molecule is CCC(C)NC(=O)c1ccc(NCCCc2ccccc2)cn1. The smallest absolute Gasteiger partial charge is 0.270 e. The van der Waals surface area contributed by atoms with Gasteiger partial charge in [-0.3, -0.25) is 4.79 Å². The molecule has 2 rings (SSSR count). The first-order valence-electron chi connectivity index (χ1n) is 8.23. The summed E-state index contributed by atoms with van der Waals surface area (Å²) >= 11 is 0. The fourth-order valence-corrected chi connectivity index (χ4v) is 2.20. The molecule has 0 aliphatic rings. The Morgan fingerprint density at radius 3 is 2.61 bits per heavy atom. The highest BCUT2D eigenvalue weighted by Crippen LogP contribution is 2.08. The first kappa shape index (κ1) is 17.0. The van der Waals surface area contributed by atoms with Crippen LogP contribution in [-0.4, -0.2) is 23.5 Å². The number of hydrogen-bond acceptors (Lipinski definition) is 3. The van der Waals surface area contributed by atoms with Crippen molar-refractivity contribution in [2.24, 2.45) is 0 Å². The lowest BCUT2D eigenvalue weighted by Crippen LogP contribution is -2.32. The summed E-state index contributed by atoms with van der Waals surface area (Å²) in [6.45, 7) is 4.91. The van der Waals surface area contributed by atoms with Crippen LogP contribution >= 0.6 is 0 Å². The van der Waals surface area contributed by atoms with Crippen LogP contribution in [0.15, 0.2) is 48.7 Å². The normalized spacial score (nSPS) is 11.7. The number of aryl methyl sites for hydroxylation is 1. The number of aromatic nitrogens is 1. The van der Waals surface area contributed by atoms with Gasteiger partial charge < -0.3 is 10.6 Å². The standard InChI is InChI=1S/C19H25N3O/c1-3-15(2)22-19(23)18-12-11-17(14-21-18)20-13-7-10-16-8-5-4-6-9-16/h4-6,8-9,11-12,14-15,20H,3,7,10,13H2,1-2H3,(H,22,23). The number of pyridine rings is 1. The first-order valence-corrected chi connectivity index (χ1v) is 8.23. The molecule has 2 aromatic rings. The van der Waals surface area contributed by atoms with Crippen molar-refractivity contribution < 1.29 is 4.79 Å². The zero-order chi connectivity index (χ0) is 16.5. The molecule has 0 aliphatic carbocycles. The van der Waals surface area contributed by atoms with Gasteiger partial charge in [0.25, 0.3) is 5.91 Å². The van der Waals surface area contributed by atoms with E-state index in [9.17, 15) is 4.79 Å². The fraction of sp³-hybridized carbons (Fsp3) is 0.368. The van der Waals surface area contributed by atoms with Crippen LogP contribution < -0.4 is 10.6 Å². The van der Waals surface area contributed by atoms with Crippen LogP contribution in [0.1, 0.15) is 42.7 Å². The third-order valence-electron chi connectivity index (χ3n) is 3.80. The van der Waals surface area contributed by atoms with E-state index in [1.807, 2.05) is 26.0 Å². The predicted octanol–water partition coefficient (Wildman–Crippen LogP) is 3.65. The van der Waals surface area contributed by atoms with E-state index in [-0.39, 0.29) is 11.9 Å². The average Bonchev–Trinajstić information content (AvgIpc) is 2.60. The number of anilines is 1. The van der Waals surface area contributed by atoms with Crippen LogP contribution in [0.2, 0.25) is 0 Å². The Bertz CT molecular complexity index is 596. The number of hydrogen-bond donors (Lipinski definition) is 2. The van der Waals surface area contributed by atoms with E-state index in [2.05, 4.69) is 39.9 Å². The molecule has 0 aliphatic heterocycles. The van der Waals surface area contributed by atoms with Crippen molar-refractivity contribution in [1.82, 2.24) is 10.3 Å². The van der Waals surface area contributed by atoms with Crippen LogP contribution in [0, 0.1) is 0 Å². The minimum absolute atomic E-state index is 0.116. The Morgan fingerprint density at radius 2 is 1.96 bits per heavy atom. The Kier molecular flexibility index (Phi) is 6.60. The van der Waals surface area contributed by atoms with Crippen molar-refractivity contribution >= 4 is 11.6 Å². The van der Waals surface area contributed by atoms with Crippen LogP contribution in [-0.2, 0) is 6.42 Å². The lowest BCUT2D eigenvalue weighted by atomic mass is 10.1. The maximum atomic E-state index is 11.9. The lowest BCUT2D eigenvalue weighted by molar-refractivity contribution is 0.0934. The van der Waals surface area contributed by atoms with Gasteiger partial charge in [-0.2, -0.15) is 0 Å². The van der Waals surface area contributed by atoms with Crippen molar-refractivity contribution in [3.63, 3.8) is 0 Å². The van der Waals surface area contributed by atoms with Crippen molar-refractivity contribution in [3.05, 3.63) is 59.9 Å². The molecule has 122 valence electrons. The predicted molar refractivity (Wildman–Crippen MR) is 94.7 cm³/mol. The second-order valence-corrected chi connectivity index (χ2v) is 5.73. The molecular weight excluding hydrogens is 286 g/mol. The lowest BCUT2D eigenvalue weighted by Gasteiger charge is -2.11. The molecule has 2 N–H and O–H groups in total. The van der Waals surface area contributed by atoms with Gasteiger partial charge in [0.1, 0.15) is 5.69 Å². The van der Waals surface area contributed by atoms with Gasteiger partial charge in [0, 0.05) is 12.6 Å². The fourth-order valence-electron chi connectivity index (χ4n) is 2.20. The van der Waals surface area contributed by atoms with Crippen molar-refractivity contribution in [3.8, 4) is 0 Å². The van der Waals surface area contributed by atoms with Crippen LogP contribution in [0.5, 0.6) is 0 Å². The van der Waals surface area contributed by atoms with Gasteiger partial charge in [0.05, 0.1) is 11.9 Å². The third kappa shape index (κ3) is 5.74. The largest absolute Gasteiger partial charge is 0.384 e. The number of nitrogens with one attached hydrogen (secondary N) is 2. The number of carbonyl (C=O) groups is 1. The molecule has 1 atom stereocenters. The minimum atomic E-state index is -0.116. The molecule has 1 unspecified atom stereocenters. The van der Waals surface area contributed by atoms with Gasteiger partial charge in [0.15, 0.2) is 0 Å². The number of carbonyl (C=O) groups excluding carboxylic acids is 1. The molecule has 1 aromatic carbocycles. The number of amides is 1. The molecule has 0 spiro atoms. The van der Waals surface area contributed by atoms with Crippen LogP contribution in [0.3, 0.4) is 0 Å². The maximum Gasteiger partial charge on any atom is 0.270 e. The monoisotopic (exact) mass is 311 g/mol. The highest BCUT2D eigenvalue weighted by molar-refractivity contribution is 5.92. The highest BCUT2D eigenvalue weighted by atomic mass is 16.1. The van der Waals surface area contributed by atoms with E-state index in [1.54, 1.807) is 12.3 Å². The molecule has 1 heterocycles. The van der Waals surface area contributed by atoms with Gasteiger partial charge in [-0.1, -0.05) is 37.3 Å². The summed E-state index contributed by atoms with van der Waals surface area (Å²) < 4.78 is 0. The molecule has 0 fully saturated rings. The molecule has 0 bridgehead atoms. The summed E-state index contributed by atoms with van der Waals surface area (Å²) in [5, 5.41) is 6.25. The van der Waals surface area contributed by atoms with Gasteiger partial charge in [-0.25, -0.2) is 4.98 Å². The second-order valence-electron chi connectivity index (χ2n) is 5.73. The first-order chi connectivity index (χ1) is 11.2. The average molecular weight is 311 g/mol. The van der Waals surface area contributed by atoms with Gasteiger partial charge in [0.2, 0.25) is 0 Å². The van der Waals surface area contributed by atoms with Gasteiger partial charge in [-0.05, 0) is 43.9 Å². The van der Waals surface area contributed by atoms with E-state index in [4.69, 9.17) is 0 Å². The molecule has 0 radical (unpaired) electrons. The zero-order valence-corrected chi connectivity index (χ0v) is 13.9. The van der Waals surface area contributed by atoms with E-state index < -0.39 is 0 Å². The van der Waals surface area contributed by atoms with E-state index >= 15 is 0 Å². The third-order valence-corrected chi connectivity index (χ3v) is 3.80. The summed E-state index contributed by atoms with van der Waals surface area (Å²) in [6.07, 6.45) is 4.73. The molecule has 4 nitrogen and oxygen atoms in total. The van der Waals surface area contributed by atoms with Crippen molar-refractivity contribution in [2.45, 2.75) is 39.2 Å². The molecular formula is C19H25N3O. The molecule has 23 heavy (non-hydrogen) atoms. The summed E-state index contributed by atoms with van der Waals surface area (Å²) in [5.74, 6) is -0.116. The van der Waals surface area contributed by atoms with Gasteiger partial charge in [-0.15, -0.1) is 0 Å². The topological polar surface area (TPSA) is 54.0 Å². The zero-order valence-electron chi connectivity index (χ0n) is 13.9. The Hall–Kier alpha value is -2.36.